The van der Waals surface area contributed by atoms with Crippen LogP contribution >= 0.6 is 0 Å². The minimum Gasteiger partial charge on any atom is -0.379 e. The molecule has 2 aliphatic rings. The standard InChI is InChI=1S/C12H24N2O/c13-9-11-3-1-2-4-12(11)10-14-5-7-15-8-6-14/h11-12H,1-10,13H2. The van der Waals surface area contributed by atoms with Gasteiger partial charge in [-0.1, -0.05) is 12.8 Å². The summed E-state index contributed by atoms with van der Waals surface area (Å²) in [6, 6.07) is 0. The quantitative estimate of drug-likeness (QED) is 0.761. The van der Waals surface area contributed by atoms with E-state index >= 15 is 0 Å². The zero-order valence-corrected chi connectivity index (χ0v) is 9.66. The van der Waals surface area contributed by atoms with Gasteiger partial charge in [0.25, 0.3) is 0 Å². The molecule has 0 aromatic carbocycles. The van der Waals surface area contributed by atoms with Gasteiger partial charge >= 0.3 is 0 Å². The Hall–Kier alpha value is -0.120. The summed E-state index contributed by atoms with van der Waals surface area (Å²) < 4.78 is 5.38. The van der Waals surface area contributed by atoms with Gasteiger partial charge in [-0.05, 0) is 31.2 Å². The Balaban J connectivity index is 1.79. The van der Waals surface area contributed by atoms with Crippen molar-refractivity contribution in [2.75, 3.05) is 39.4 Å². The van der Waals surface area contributed by atoms with Gasteiger partial charge in [-0.3, -0.25) is 4.90 Å². The van der Waals surface area contributed by atoms with Crippen molar-refractivity contribution in [1.29, 1.82) is 0 Å². The van der Waals surface area contributed by atoms with E-state index in [2.05, 4.69) is 4.90 Å². The number of rotatable bonds is 3. The molecule has 1 aliphatic heterocycles. The van der Waals surface area contributed by atoms with Crippen molar-refractivity contribution in [2.24, 2.45) is 17.6 Å². The molecule has 0 radical (unpaired) electrons. The Kier molecular flexibility index (Phi) is 4.42. The maximum absolute atomic E-state index is 5.86. The van der Waals surface area contributed by atoms with Gasteiger partial charge in [-0.15, -0.1) is 0 Å². The van der Waals surface area contributed by atoms with E-state index in [0.29, 0.717) is 0 Å². The van der Waals surface area contributed by atoms with E-state index in [0.717, 1.165) is 44.7 Å². The smallest absolute Gasteiger partial charge is 0.0594 e. The lowest BCUT2D eigenvalue weighted by Crippen LogP contribution is -2.42. The molecule has 1 saturated heterocycles. The highest BCUT2D eigenvalue weighted by atomic mass is 16.5. The monoisotopic (exact) mass is 212 g/mol. The third-order valence-electron chi connectivity index (χ3n) is 3.97. The number of hydrogen-bond acceptors (Lipinski definition) is 3. The van der Waals surface area contributed by atoms with Gasteiger partial charge in [0, 0.05) is 19.6 Å². The molecule has 2 atom stereocenters. The van der Waals surface area contributed by atoms with E-state index in [1.807, 2.05) is 0 Å². The molecule has 2 fully saturated rings. The normalized spacial score (nSPS) is 34.2. The maximum atomic E-state index is 5.86. The van der Waals surface area contributed by atoms with E-state index in [9.17, 15) is 0 Å². The van der Waals surface area contributed by atoms with Crippen LogP contribution in [0.15, 0.2) is 0 Å². The Morgan fingerprint density at radius 3 is 2.40 bits per heavy atom. The van der Waals surface area contributed by atoms with Crippen LogP contribution in [0.4, 0.5) is 0 Å². The Bertz CT molecular complexity index is 180. The molecule has 1 aliphatic carbocycles. The van der Waals surface area contributed by atoms with Gasteiger partial charge in [0.15, 0.2) is 0 Å². The lowest BCUT2D eigenvalue weighted by atomic mass is 9.79. The number of morpholine rings is 1. The van der Waals surface area contributed by atoms with Gasteiger partial charge < -0.3 is 10.5 Å². The summed E-state index contributed by atoms with van der Waals surface area (Å²) in [6.07, 6.45) is 5.54. The van der Waals surface area contributed by atoms with Crippen molar-refractivity contribution >= 4 is 0 Å². The molecule has 0 aromatic rings. The molecule has 0 aromatic heterocycles. The summed E-state index contributed by atoms with van der Waals surface area (Å²) in [5.41, 5.74) is 5.86. The van der Waals surface area contributed by atoms with E-state index in [1.165, 1.54) is 32.2 Å². The van der Waals surface area contributed by atoms with Crippen LogP contribution in [0.1, 0.15) is 25.7 Å². The number of hydrogen-bond donors (Lipinski definition) is 1. The number of nitrogens with zero attached hydrogens (tertiary/aromatic N) is 1. The first-order valence-electron chi connectivity index (χ1n) is 6.40. The molecule has 88 valence electrons. The van der Waals surface area contributed by atoms with Crippen LogP contribution < -0.4 is 5.73 Å². The van der Waals surface area contributed by atoms with E-state index in [-0.39, 0.29) is 0 Å². The van der Waals surface area contributed by atoms with Gasteiger partial charge in [0.2, 0.25) is 0 Å². The van der Waals surface area contributed by atoms with Gasteiger partial charge in [-0.25, -0.2) is 0 Å². The van der Waals surface area contributed by atoms with Crippen LogP contribution in [0.2, 0.25) is 0 Å². The SMILES string of the molecule is NCC1CCCCC1CN1CCOCC1. The minimum absolute atomic E-state index is 0.779. The summed E-state index contributed by atoms with van der Waals surface area (Å²) in [6.45, 7) is 6.21. The van der Waals surface area contributed by atoms with Crippen molar-refractivity contribution in [3.05, 3.63) is 0 Å². The fourth-order valence-corrected chi connectivity index (χ4v) is 2.95. The van der Waals surface area contributed by atoms with Crippen LogP contribution in [0.25, 0.3) is 0 Å². The van der Waals surface area contributed by atoms with Crippen LogP contribution in [0.3, 0.4) is 0 Å². The second-order valence-corrected chi connectivity index (χ2v) is 4.95. The maximum Gasteiger partial charge on any atom is 0.0594 e. The Morgan fingerprint density at radius 1 is 1.07 bits per heavy atom. The molecule has 0 spiro atoms. The first kappa shape index (κ1) is 11.4. The molecule has 2 rings (SSSR count). The van der Waals surface area contributed by atoms with E-state index in [4.69, 9.17) is 10.5 Å². The molecule has 15 heavy (non-hydrogen) atoms. The number of ether oxygens (including phenoxy) is 1. The topological polar surface area (TPSA) is 38.5 Å². The molecule has 1 heterocycles. The lowest BCUT2D eigenvalue weighted by molar-refractivity contribution is 0.0220. The summed E-state index contributed by atoms with van der Waals surface area (Å²) in [7, 11) is 0. The van der Waals surface area contributed by atoms with Crippen molar-refractivity contribution in [3.63, 3.8) is 0 Å². The zero-order valence-electron chi connectivity index (χ0n) is 9.66. The molecule has 3 nitrogen and oxygen atoms in total. The molecule has 1 saturated carbocycles. The Morgan fingerprint density at radius 2 is 1.73 bits per heavy atom. The number of nitrogens with two attached hydrogens (primary N) is 1. The van der Waals surface area contributed by atoms with Crippen LogP contribution in [-0.2, 0) is 4.74 Å². The summed E-state index contributed by atoms with van der Waals surface area (Å²) in [4.78, 5) is 2.56. The van der Waals surface area contributed by atoms with Crippen molar-refractivity contribution in [3.8, 4) is 0 Å². The van der Waals surface area contributed by atoms with Crippen molar-refractivity contribution in [2.45, 2.75) is 25.7 Å². The fraction of sp³-hybridized carbons (Fsp3) is 1.00. The summed E-state index contributed by atoms with van der Waals surface area (Å²) in [5.74, 6) is 1.63. The highest BCUT2D eigenvalue weighted by molar-refractivity contribution is 4.79. The third-order valence-corrected chi connectivity index (χ3v) is 3.97. The van der Waals surface area contributed by atoms with E-state index < -0.39 is 0 Å². The second-order valence-electron chi connectivity index (χ2n) is 4.95. The first-order valence-corrected chi connectivity index (χ1v) is 6.40. The lowest BCUT2D eigenvalue weighted by Gasteiger charge is -2.36. The molecule has 2 N–H and O–H groups in total. The molecular formula is C12H24N2O. The van der Waals surface area contributed by atoms with Gasteiger partial charge in [-0.2, -0.15) is 0 Å². The molecular weight excluding hydrogens is 188 g/mol. The third kappa shape index (κ3) is 3.16. The fourth-order valence-electron chi connectivity index (χ4n) is 2.95. The predicted octanol–water partition coefficient (Wildman–Crippen LogP) is 1.08. The van der Waals surface area contributed by atoms with Crippen LogP contribution in [-0.4, -0.2) is 44.3 Å². The largest absolute Gasteiger partial charge is 0.379 e. The molecule has 2 unspecified atom stereocenters. The van der Waals surface area contributed by atoms with Crippen molar-refractivity contribution < 1.29 is 4.74 Å². The summed E-state index contributed by atoms with van der Waals surface area (Å²) >= 11 is 0. The minimum atomic E-state index is 0.779. The predicted molar refractivity (Wildman–Crippen MR) is 61.8 cm³/mol. The summed E-state index contributed by atoms with van der Waals surface area (Å²) in [5, 5.41) is 0. The molecule has 0 amide bonds. The first-order chi connectivity index (χ1) is 7.40. The van der Waals surface area contributed by atoms with Crippen molar-refractivity contribution in [1.82, 2.24) is 4.90 Å². The van der Waals surface area contributed by atoms with Crippen LogP contribution in [0.5, 0.6) is 0 Å². The Labute approximate surface area is 93.0 Å². The average Bonchev–Trinajstić information content (AvgIpc) is 2.31. The van der Waals surface area contributed by atoms with E-state index in [1.54, 1.807) is 0 Å². The highest BCUT2D eigenvalue weighted by Crippen LogP contribution is 2.30. The average molecular weight is 212 g/mol. The molecule has 3 heteroatoms. The highest BCUT2D eigenvalue weighted by Gasteiger charge is 2.26. The molecule has 0 bridgehead atoms. The van der Waals surface area contributed by atoms with Gasteiger partial charge in [0.1, 0.15) is 0 Å². The second kappa shape index (κ2) is 5.83. The van der Waals surface area contributed by atoms with Crippen LogP contribution in [0, 0.1) is 11.8 Å². The van der Waals surface area contributed by atoms with Gasteiger partial charge in [0.05, 0.1) is 13.2 Å². The zero-order chi connectivity index (χ0) is 10.5.